The molecule has 0 saturated heterocycles. The average Bonchev–Trinajstić information content (AvgIpc) is 3.07. The molecule has 20 heavy (non-hydrogen) atoms. The largest absolute Gasteiger partial charge is 0.477 e. The van der Waals surface area contributed by atoms with E-state index in [4.69, 9.17) is 9.84 Å². The summed E-state index contributed by atoms with van der Waals surface area (Å²) in [5.41, 5.74) is 0. The van der Waals surface area contributed by atoms with Crippen LogP contribution in [0.15, 0.2) is 6.20 Å². The number of carbonyl (C=O) groups is 2. The Morgan fingerprint density at radius 2 is 2.25 bits per heavy atom. The molecule has 0 aromatic carbocycles. The Labute approximate surface area is 121 Å². The van der Waals surface area contributed by atoms with Crippen molar-refractivity contribution in [3.05, 3.63) is 16.1 Å². The molecule has 1 aliphatic carbocycles. The molecule has 6 nitrogen and oxygen atoms in total. The predicted octanol–water partition coefficient (Wildman–Crippen LogP) is 1.98. The van der Waals surface area contributed by atoms with Gasteiger partial charge in [0.1, 0.15) is 16.5 Å². The summed E-state index contributed by atoms with van der Waals surface area (Å²) in [7, 11) is 0. The fraction of sp³-hybridized carbons (Fsp3) is 0.615. The fourth-order valence-corrected chi connectivity index (χ4v) is 2.94. The maximum Gasteiger partial charge on any atom is 0.347 e. The summed E-state index contributed by atoms with van der Waals surface area (Å²) in [5.74, 6) is -1.20. The fourth-order valence-electron chi connectivity index (χ4n) is 2.18. The van der Waals surface area contributed by atoms with Crippen LogP contribution in [-0.4, -0.2) is 34.7 Å². The number of hydrogen-bond donors (Lipinski definition) is 2. The van der Waals surface area contributed by atoms with E-state index in [0.717, 1.165) is 24.2 Å². The van der Waals surface area contributed by atoms with Gasteiger partial charge in [0, 0.05) is 0 Å². The van der Waals surface area contributed by atoms with Crippen LogP contribution in [0.3, 0.4) is 0 Å². The highest BCUT2D eigenvalue weighted by molar-refractivity contribution is 7.13. The standard InChI is InChI=1S/C13H18N2O4S/c1-8(12-14-6-10(20-12)13(17)18)15-11(16)7-19-9-4-2-3-5-9/h6,8-9H,2-5,7H2,1H3,(H,15,16)(H,17,18). The van der Waals surface area contributed by atoms with E-state index in [2.05, 4.69) is 10.3 Å². The molecule has 1 saturated carbocycles. The van der Waals surface area contributed by atoms with E-state index in [1.54, 1.807) is 6.92 Å². The highest BCUT2D eigenvalue weighted by atomic mass is 32.1. The highest BCUT2D eigenvalue weighted by Gasteiger charge is 2.19. The van der Waals surface area contributed by atoms with E-state index < -0.39 is 5.97 Å². The maximum atomic E-state index is 11.7. The van der Waals surface area contributed by atoms with E-state index in [0.29, 0.717) is 5.01 Å². The monoisotopic (exact) mass is 298 g/mol. The van der Waals surface area contributed by atoms with Gasteiger partial charge in [0.25, 0.3) is 0 Å². The van der Waals surface area contributed by atoms with Gasteiger partial charge < -0.3 is 15.2 Å². The molecule has 0 aliphatic heterocycles. The summed E-state index contributed by atoms with van der Waals surface area (Å²) in [6.45, 7) is 1.82. The molecule has 1 atom stereocenters. The third kappa shape index (κ3) is 4.01. The molecule has 1 aromatic rings. The van der Waals surface area contributed by atoms with E-state index in [9.17, 15) is 9.59 Å². The number of carbonyl (C=O) groups excluding carboxylic acids is 1. The van der Waals surface area contributed by atoms with E-state index in [-0.39, 0.29) is 29.5 Å². The van der Waals surface area contributed by atoms with Crippen LogP contribution in [-0.2, 0) is 9.53 Å². The van der Waals surface area contributed by atoms with Gasteiger partial charge in [0.05, 0.1) is 18.3 Å². The highest BCUT2D eigenvalue weighted by Crippen LogP contribution is 2.21. The molecule has 0 radical (unpaired) electrons. The van der Waals surface area contributed by atoms with Crippen molar-refractivity contribution in [3.8, 4) is 0 Å². The minimum atomic E-state index is -1.00. The molecular weight excluding hydrogens is 280 g/mol. The van der Waals surface area contributed by atoms with Crippen LogP contribution in [0.1, 0.15) is 53.3 Å². The molecule has 110 valence electrons. The van der Waals surface area contributed by atoms with Gasteiger partial charge in [0.15, 0.2) is 0 Å². The van der Waals surface area contributed by atoms with Gasteiger partial charge in [-0.1, -0.05) is 12.8 Å². The summed E-state index contributed by atoms with van der Waals surface area (Å²) in [6, 6.07) is -0.312. The van der Waals surface area contributed by atoms with Crippen LogP contribution in [0.4, 0.5) is 0 Å². The van der Waals surface area contributed by atoms with Crippen molar-refractivity contribution in [2.24, 2.45) is 0 Å². The molecule has 1 aliphatic rings. The van der Waals surface area contributed by atoms with Crippen molar-refractivity contribution in [1.29, 1.82) is 0 Å². The third-order valence-electron chi connectivity index (χ3n) is 3.23. The predicted molar refractivity (Wildman–Crippen MR) is 73.8 cm³/mol. The number of ether oxygens (including phenoxy) is 1. The average molecular weight is 298 g/mol. The quantitative estimate of drug-likeness (QED) is 0.838. The summed E-state index contributed by atoms with van der Waals surface area (Å²) < 4.78 is 5.52. The Morgan fingerprint density at radius 3 is 2.85 bits per heavy atom. The second-order valence-electron chi connectivity index (χ2n) is 4.87. The first kappa shape index (κ1) is 14.9. The van der Waals surface area contributed by atoms with Gasteiger partial charge in [0.2, 0.25) is 5.91 Å². The molecule has 1 fully saturated rings. The van der Waals surface area contributed by atoms with Crippen molar-refractivity contribution in [2.45, 2.75) is 44.8 Å². The number of aromatic carboxylic acids is 1. The number of hydrogen-bond acceptors (Lipinski definition) is 5. The number of nitrogens with one attached hydrogen (secondary N) is 1. The van der Waals surface area contributed by atoms with Crippen molar-refractivity contribution in [1.82, 2.24) is 10.3 Å². The van der Waals surface area contributed by atoms with Gasteiger partial charge >= 0.3 is 5.97 Å². The number of carboxylic acid groups (broad SMARTS) is 1. The van der Waals surface area contributed by atoms with Crippen LogP contribution < -0.4 is 5.32 Å². The van der Waals surface area contributed by atoms with Crippen LogP contribution >= 0.6 is 11.3 Å². The summed E-state index contributed by atoms with van der Waals surface area (Å²) in [6.07, 6.45) is 5.89. The zero-order chi connectivity index (χ0) is 14.5. The molecule has 1 unspecified atom stereocenters. The lowest BCUT2D eigenvalue weighted by Gasteiger charge is -2.14. The molecule has 1 heterocycles. The normalized spacial score (nSPS) is 17.1. The zero-order valence-electron chi connectivity index (χ0n) is 11.3. The molecule has 7 heteroatoms. The molecule has 0 bridgehead atoms. The van der Waals surface area contributed by atoms with Crippen molar-refractivity contribution in [2.75, 3.05) is 6.61 Å². The number of rotatable bonds is 6. The maximum absolute atomic E-state index is 11.7. The Bertz CT molecular complexity index is 482. The number of thiazole rings is 1. The lowest BCUT2D eigenvalue weighted by Crippen LogP contribution is -2.31. The van der Waals surface area contributed by atoms with E-state index in [1.807, 2.05) is 0 Å². The van der Waals surface area contributed by atoms with Crippen molar-refractivity contribution >= 4 is 23.2 Å². The molecule has 1 aromatic heterocycles. The topological polar surface area (TPSA) is 88.5 Å². The smallest absolute Gasteiger partial charge is 0.347 e. The number of nitrogens with zero attached hydrogens (tertiary/aromatic N) is 1. The summed E-state index contributed by atoms with van der Waals surface area (Å²) >= 11 is 1.07. The molecule has 2 N–H and O–H groups in total. The zero-order valence-corrected chi connectivity index (χ0v) is 12.1. The number of amides is 1. The molecular formula is C13H18N2O4S. The Morgan fingerprint density at radius 1 is 1.55 bits per heavy atom. The summed E-state index contributed by atoms with van der Waals surface area (Å²) in [4.78, 5) is 26.7. The van der Waals surface area contributed by atoms with Crippen LogP contribution in [0.5, 0.6) is 0 Å². The van der Waals surface area contributed by atoms with E-state index >= 15 is 0 Å². The first-order valence-corrected chi connectivity index (χ1v) is 7.48. The van der Waals surface area contributed by atoms with Crippen molar-refractivity contribution in [3.63, 3.8) is 0 Å². The SMILES string of the molecule is CC(NC(=O)COC1CCCC1)c1ncc(C(=O)O)s1. The van der Waals surface area contributed by atoms with Crippen molar-refractivity contribution < 1.29 is 19.4 Å². The molecule has 2 rings (SSSR count). The van der Waals surface area contributed by atoms with Crippen LogP contribution in [0.25, 0.3) is 0 Å². The van der Waals surface area contributed by atoms with Crippen LogP contribution in [0.2, 0.25) is 0 Å². The number of carboxylic acids is 1. The Kier molecular flexibility index (Phi) is 5.08. The lowest BCUT2D eigenvalue weighted by atomic mass is 10.3. The first-order chi connectivity index (χ1) is 9.56. The van der Waals surface area contributed by atoms with Crippen LogP contribution in [0, 0.1) is 0 Å². The minimum Gasteiger partial charge on any atom is -0.477 e. The van der Waals surface area contributed by atoms with Gasteiger partial charge in [-0.2, -0.15) is 0 Å². The lowest BCUT2D eigenvalue weighted by molar-refractivity contribution is -0.128. The summed E-state index contributed by atoms with van der Waals surface area (Å²) in [5, 5.41) is 12.2. The van der Waals surface area contributed by atoms with Gasteiger partial charge in [-0.25, -0.2) is 9.78 Å². The molecule has 1 amide bonds. The van der Waals surface area contributed by atoms with Gasteiger partial charge in [-0.05, 0) is 19.8 Å². The third-order valence-corrected chi connectivity index (χ3v) is 4.40. The van der Waals surface area contributed by atoms with Gasteiger partial charge in [-0.3, -0.25) is 4.79 Å². The molecule has 0 spiro atoms. The van der Waals surface area contributed by atoms with Gasteiger partial charge in [-0.15, -0.1) is 11.3 Å². The first-order valence-electron chi connectivity index (χ1n) is 6.66. The minimum absolute atomic E-state index is 0.0478. The second-order valence-corrected chi connectivity index (χ2v) is 5.94. The van der Waals surface area contributed by atoms with E-state index in [1.165, 1.54) is 19.0 Å². The Hall–Kier alpha value is -1.47. The Balaban J connectivity index is 1.78. The second kappa shape index (κ2) is 6.81. The number of aromatic nitrogens is 1.